The van der Waals surface area contributed by atoms with E-state index in [1.54, 1.807) is 13.0 Å². The van der Waals surface area contributed by atoms with Crippen LogP contribution in [-0.2, 0) is 4.79 Å². The lowest BCUT2D eigenvalue weighted by Gasteiger charge is -2.17. The van der Waals surface area contributed by atoms with Crippen LogP contribution in [0.1, 0.15) is 33.1 Å². The van der Waals surface area contributed by atoms with Gasteiger partial charge in [-0.25, -0.2) is 0 Å². The third kappa shape index (κ3) is 3.62. The van der Waals surface area contributed by atoms with Gasteiger partial charge in [0.25, 0.3) is 0 Å². The van der Waals surface area contributed by atoms with E-state index in [0.29, 0.717) is 16.0 Å². The number of aliphatic hydroxyl groups excluding tert-OH is 2. The lowest BCUT2D eigenvalue weighted by molar-refractivity contribution is -0.119. The monoisotopic (exact) mass is 257 g/mol. The summed E-state index contributed by atoms with van der Waals surface area (Å²) >= 11 is 1.14. The zero-order valence-electron chi connectivity index (χ0n) is 9.64. The topological polar surface area (TPSA) is 86.6 Å². The van der Waals surface area contributed by atoms with Crippen molar-refractivity contribution in [2.24, 2.45) is 0 Å². The number of hydrogen-bond acceptors (Lipinski definition) is 5. The number of carbonyl (C=O) groups excluding carboxylic acids is 2. The summed E-state index contributed by atoms with van der Waals surface area (Å²) in [4.78, 5) is 22.3. The minimum absolute atomic E-state index is 0.0235. The molecule has 94 valence electrons. The summed E-state index contributed by atoms with van der Waals surface area (Å²) in [5.41, 5.74) is 0.756. The molecule has 0 radical (unpaired) electrons. The summed E-state index contributed by atoms with van der Waals surface area (Å²) in [6.45, 7) is 3.07. The van der Waals surface area contributed by atoms with Crippen molar-refractivity contribution < 1.29 is 19.8 Å². The Morgan fingerprint density at radius 1 is 1.59 bits per heavy atom. The lowest BCUT2D eigenvalue weighted by atomic mass is 10.1. The van der Waals surface area contributed by atoms with Crippen molar-refractivity contribution in [1.29, 1.82) is 0 Å². The van der Waals surface area contributed by atoms with Crippen LogP contribution in [0.2, 0.25) is 0 Å². The number of hydrogen-bond donors (Lipinski definition) is 3. The number of rotatable bonds is 5. The molecule has 2 unspecified atom stereocenters. The van der Waals surface area contributed by atoms with Crippen molar-refractivity contribution in [3.05, 3.63) is 21.4 Å². The maximum absolute atomic E-state index is 10.7. The molecule has 0 aromatic carbocycles. The summed E-state index contributed by atoms with van der Waals surface area (Å²) in [6.07, 6.45) is -1.48. The molecule has 1 heterocycles. The van der Waals surface area contributed by atoms with Gasteiger partial charge in [-0.2, -0.15) is 0 Å². The lowest BCUT2D eigenvalue weighted by Crippen LogP contribution is -2.34. The highest BCUT2D eigenvalue weighted by molar-refractivity contribution is 7.13. The summed E-state index contributed by atoms with van der Waals surface area (Å²) in [6, 6.07) is 1.65. The van der Waals surface area contributed by atoms with Crippen molar-refractivity contribution in [2.45, 2.75) is 26.1 Å². The SMILES string of the molecule is CC(=O)NCC(O)C(O)c1sc(C=O)cc1C. The molecule has 3 N–H and O–H groups in total. The van der Waals surface area contributed by atoms with Gasteiger partial charge >= 0.3 is 0 Å². The van der Waals surface area contributed by atoms with Crippen LogP contribution in [0.15, 0.2) is 6.07 Å². The second-order valence-corrected chi connectivity index (χ2v) is 4.88. The van der Waals surface area contributed by atoms with Gasteiger partial charge in [-0.05, 0) is 18.6 Å². The Morgan fingerprint density at radius 2 is 2.24 bits per heavy atom. The average Bonchev–Trinajstić information content (AvgIpc) is 2.66. The smallest absolute Gasteiger partial charge is 0.216 e. The normalized spacial score (nSPS) is 14.1. The standard InChI is InChI=1S/C11H15NO4S/c1-6-3-8(5-13)17-11(6)10(16)9(15)4-12-7(2)14/h3,5,9-10,15-16H,4H2,1-2H3,(H,12,14). The van der Waals surface area contributed by atoms with Crippen LogP contribution in [0.25, 0.3) is 0 Å². The summed E-state index contributed by atoms with van der Waals surface area (Å²) in [7, 11) is 0. The Labute approximate surface area is 103 Å². The van der Waals surface area contributed by atoms with Crippen LogP contribution in [-0.4, -0.2) is 35.1 Å². The van der Waals surface area contributed by atoms with Crippen LogP contribution in [0.5, 0.6) is 0 Å². The van der Waals surface area contributed by atoms with E-state index in [9.17, 15) is 19.8 Å². The van der Waals surface area contributed by atoms with E-state index < -0.39 is 12.2 Å². The van der Waals surface area contributed by atoms with Crippen LogP contribution in [0, 0.1) is 6.92 Å². The first-order valence-corrected chi connectivity index (χ1v) is 5.93. The molecule has 0 bridgehead atoms. The molecule has 0 aliphatic rings. The van der Waals surface area contributed by atoms with Crippen molar-refractivity contribution in [1.82, 2.24) is 5.32 Å². The zero-order valence-corrected chi connectivity index (χ0v) is 10.5. The van der Waals surface area contributed by atoms with Crippen LogP contribution in [0.4, 0.5) is 0 Å². The van der Waals surface area contributed by atoms with Gasteiger partial charge in [0.15, 0.2) is 6.29 Å². The summed E-state index contributed by atoms with van der Waals surface area (Å²) in [5, 5.41) is 22.0. The van der Waals surface area contributed by atoms with Crippen molar-refractivity contribution in [3.8, 4) is 0 Å². The molecular formula is C11H15NO4S. The second-order valence-electron chi connectivity index (χ2n) is 3.76. The fraction of sp³-hybridized carbons (Fsp3) is 0.455. The van der Waals surface area contributed by atoms with Crippen LogP contribution in [0.3, 0.4) is 0 Å². The van der Waals surface area contributed by atoms with Crippen LogP contribution < -0.4 is 5.32 Å². The second kappa shape index (κ2) is 5.90. The van der Waals surface area contributed by atoms with E-state index in [1.807, 2.05) is 0 Å². The third-order valence-corrected chi connectivity index (χ3v) is 3.52. The molecule has 6 heteroatoms. The van der Waals surface area contributed by atoms with Gasteiger partial charge in [-0.15, -0.1) is 11.3 Å². The maximum atomic E-state index is 10.7. The largest absolute Gasteiger partial charge is 0.388 e. The fourth-order valence-corrected chi connectivity index (χ4v) is 2.44. The average molecular weight is 257 g/mol. The minimum atomic E-state index is -1.10. The molecule has 2 atom stereocenters. The van der Waals surface area contributed by atoms with E-state index in [2.05, 4.69) is 5.32 Å². The number of aryl methyl sites for hydroxylation is 1. The van der Waals surface area contributed by atoms with E-state index in [1.165, 1.54) is 6.92 Å². The molecule has 1 amide bonds. The predicted octanol–water partition coefficient (Wildman–Crippen LogP) is 0.399. The Hall–Kier alpha value is -1.24. The van der Waals surface area contributed by atoms with Gasteiger partial charge in [-0.1, -0.05) is 0 Å². The zero-order chi connectivity index (χ0) is 13.0. The van der Waals surface area contributed by atoms with Gasteiger partial charge in [-0.3, -0.25) is 9.59 Å². The van der Waals surface area contributed by atoms with E-state index >= 15 is 0 Å². The van der Waals surface area contributed by atoms with Gasteiger partial charge in [0.1, 0.15) is 12.2 Å². The molecule has 1 aromatic rings. The molecule has 1 aromatic heterocycles. The van der Waals surface area contributed by atoms with Gasteiger partial charge < -0.3 is 15.5 Å². The molecule has 0 saturated carbocycles. The fourth-order valence-electron chi connectivity index (χ4n) is 1.41. The Kier molecular flexibility index (Phi) is 4.80. The van der Waals surface area contributed by atoms with Crippen molar-refractivity contribution in [3.63, 3.8) is 0 Å². The molecule has 0 aliphatic heterocycles. The summed E-state index contributed by atoms with van der Waals surface area (Å²) < 4.78 is 0. The first-order chi connectivity index (χ1) is 7.95. The van der Waals surface area contributed by atoms with Gasteiger partial charge in [0.05, 0.1) is 4.88 Å². The van der Waals surface area contributed by atoms with Crippen LogP contribution >= 0.6 is 11.3 Å². The Balaban J connectivity index is 2.73. The molecule has 0 aliphatic carbocycles. The number of aldehydes is 1. The molecular weight excluding hydrogens is 242 g/mol. The number of thiophene rings is 1. The Bertz CT molecular complexity index is 416. The van der Waals surface area contributed by atoms with Crippen molar-refractivity contribution in [2.75, 3.05) is 6.54 Å². The van der Waals surface area contributed by atoms with E-state index in [-0.39, 0.29) is 12.5 Å². The predicted molar refractivity (Wildman–Crippen MR) is 64.1 cm³/mol. The highest BCUT2D eigenvalue weighted by Crippen LogP contribution is 2.28. The number of aliphatic hydroxyl groups is 2. The molecule has 5 nitrogen and oxygen atoms in total. The quantitative estimate of drug-likeness (QED) is 0.666. The van der Waals surface area contributed by atoms with E-state index in [4.69, 9.17) is 0 Å². The molecule has 0 spiro atoms. The van der Waals surface area contributed by atoms with Gasteiger partial charge in [0.2, 0.25) is 5.91 Å². The number of carbonyl (C=O) groups is 2. The minimum Gasteiger partial charge on any atom is -0.388 e. The first kappa shape index (κ1) is 13.8. The Morgan fingerprint density at radius 3 is 2.71 bits per heavy atom. The maximum Gasteiger partial charge on any atom is 0.216 e. The first-order valence-electron chi connectivity index (χ1n) is 5.11. The highest BCUT2D eigenvalue weighted by Gasteiger charge is 2.22. The molecule has 0 fully saturated rings. The summed E-state index contributed by atoms with van der Waals surface area (Å²) in [5.74, 6) is -0.271. The van der Waals surface area contributed by atoms with Gasteiger partial charge in [0, 0.05) is 18.3 Å². The molecule has 17 heavy (non-hydrogen) atoms. The van der Waals surface area contributed by atoms with E-state index in [0.717, 1.165) is 16.9 Å². The molecule has 1 rings (SSSR count). The number of amides is 1. The molecule has 0 saturated heterocycles. The highest BCUT2D eigenvalue weighted by atomic mass is 32.1. The number of nitrogens with one attached hydrogen (secondary N) is 1. The third-order valence-electron chi connectivity index (χ3n) is 2.28. The van der Waals surface area contributed by atoms with Crippen molar-refractivity contribution >= 4 is 23.5 Å².